The van der Waals surface area contributed by atoms with E-state index in [0.717, 1.165) is 39.0 Å². The zero-order valence-electron chi connectivity index (χ0n) is 26.8. The van der Waals surface area contributed by atoms with Gasteiger partial charge < -0.3 is 4.40 Å². The number of hydrogen-bond acceptors (Lipinski definition) is 2. The van der Waals surface area contributed by atoms with Gasteiger partial charge in [0.15, 0.2) is 5.82 Å². The van der Waals surface area contributed by atoms with Gasteiger partial charge in [-0.3, -0.25) is 4.57 Å². The molecule has 0 N–H and O–H groups in total. The fraction of sp³-hybridized carbons (Fsp3) is 0. The average molecular weight is 635 g/mol. The monoisotopic (exact) mass is 634 g/mol. The average Bonchev–Trinajstić information content (AvgIpc) is 3.82. The fourth-order valence-corrected chi connectivity index (χ4v) is 8.77. The Morgan fingerprint density at radius 3 is 1.74 bits per heavy atom. The highest BCUT2D eigenvalue weighted by atomic mass is 15.1. The second-order valence-electron chi connectivity index (χ2n) is 13.3. The van der Waals surface area contributed by atoms with Gasteiger partial charge in [-0.2, -0.15) is 0 Å². The maximum atomic E-state index is 5.59. The molecule has 230 valence electrons. The number of rotatable bonds is 2. The molecule has 0 bridgehead atoms. The van der Waals surface area contributed by atoms with E-state index in [2.05, 4.69) is 167 Å². The van der Waals surface area contributed by atoms with E-state index in [-0.39, 0.29) is 0 Å². The normalized spacial score (nSPS) is 12.4. The number of aromatic nitrogens is 4. The van der Waals surface area contributed by atoms with E-state index in [0.29, 0.717) is 0 Å². The highest BCUT2D eigenvalue weighted by Gasteiger charge is 2.25. The van der Waals surface area contributed by atoms with E-state index < -0.39 is 0 Å². The van der Waals surface area contributed by atoms with Gasteiger partial charge in [0.05, 0.1) is 33.1 Å². The molecular weight excluding hydrogens is 609 g/mol. The maximum Gasteiger partial charge on any atom is 0.162 e. The minimum Gasteiger partial charge on any atom is -0.308 e. The molecule has 0 saturated heterocycles. The van der Waals surface area contributed by atoms with Gasteiger partial charge in [0, 0.05) is 43.3 Å². The highest BCUT2D eigenvalue weighted by Crippen LogP contribution is 2.47. The van der Waals surface area contributed by atoms with E-state index >= 15 is 0 Å². The molecule has 0 unspecified atom stereocenters. The van der Waals surface area contributed by atoms with Crippen molar-refractivity contribution in [3.8, 4) is 17.2 Å². The molecule has 0 aliphatic rings. The number of para-hydroxylation sites is 4. The van der Waals surface area contributed by atoms with Crippen molar-refractivity contribution >= 4 is 92.3 Å². The molecule has 4 nitrogen and oxygen atoms in total. The summed E-state index contributed by atoms with van der Waals surface area (Å²) in [5, 5.41) is 13.3. The predicted molar refractivity (Wildman–Crippen MR) is 209 cm³/mol. The Kier molecular flexibility index (Phi) is 4.94. The quantitative estimate of drug-likeness (QED) is 0.177. The molecule has 0 atom stereocenters. The van der Waals surface area contributed by atoms with E-state index in [1.54, 1.807) is 0 Å². The standard InChI is InChI=1S/C46H26N4/c1-2-14-28-27(13-1)25-37(30-16-4-3-15-29(28)30)45-47-38-21-9-5-19-33(38)46(48-45)50-40-23-11-7-18-32(40)36-26-35-31-17-6-10-22-39(31)49-41-24-12-8-20-34(41)42(43(35)49)44(36)50/h1-26H. The fourth-order valence-electron chi connectivity index (χ4n) is 8.77. The summed E-state index contributed by atoms with van der Waals surface area (Å²) in [6, 6.07) is 56.8. The summed E-state index contributed by atoms with van der Waals surface area (Å²) in [4.78, 5) is 10.9. The van der Waals surface area contributed by atoms with Crippen molar-refractivity contribution in [1.29, 1.82) is 0 Å². The van der Waals surface area contributed by atoms with Gasteiger partial charge in [-0.15, -0.1) is 0 Å². The van der Waals surface area contributed by atoms with Crippen LogP contribution in [0.2, 0.25) is 0 Å². The van der Waals surface area contributed by atoms with Gasteiger partial charge in [0.2, 0.25) is 0 Å². The van der Waals surface area contributed by atoms with Gasteiger partial charge in [0.25, 0.3) is 0 Å². The van der Waals surface area contributed by atoms with Crippen LogP contribution in [0.15, 0.2) is 158 Å². The van der Waals surface area contributed by atoms with Crippen molar-refractivity contribution < 1.29 is 0 Å². The molecule has 0 spiro atoms. The minimum atomic E-state index is 0.721. The molecule has 12 rings (SSSR count). The first-order chi connectivity index (χ1) is 24.8. The van der Waals surface area contributed by atoms with Crippen LogP contribution in [0, 0.1) is 0 Å². The van der Waals surface area contributed by atoms with Crippen LogP contribution < -0.4 is 0 Å². The second kappa shape index (κ2) is 9.43. The Morgan fingerprint density at radius 1 is 0.380 bits per heavy atom. The van der Waals surface area contributed by atoms with Crippen LogP contribution >= 0.6 is 0 Å². The first kappa shape index (κ1) is 26.2. The number of fused-ring (bicyclic) bond motifs is 14. The lowest BCUT2D eigenvalue weighted by Gasteiger charge is -2.15. The summed E-state index contributed by atoms with van der Waals surface area (Å²) in [5.41, 5.74) is 7.95. The Hall–Kier alpha value is -6.78. The maximum absolute atomic E-state index is 5.59. The lowest BCUT2D eigenvalue weighted by molar-refractivity contribution is 1.08. The van der Waals surface area contributed by atoms with Gasteiger partial charge >= 0.3 is 0 Å². The van der Waals surface area contributed by atoms with Crippen molar-refractivity contribution in [2.24, 2.45) is 0 Å². The molecule has 12 aromatic rings. The molecule has 4 heteroatoms. The van der Waals surface area contributed by atoms with E-state index in [1.807, 2.05) is 0 Å². The smallest absolute Gasteiger partial charge is 0.162 e. The van der Waals surface area contributed by atoms with Crippen LogP contribution in [-0.2, 0) is 0 Å². The molecule has 0 fully saturated rings. The van der Waals surface area contributed by atoms with Crippen LogP contribution in [0.4, 0.5) is 0 Å². The predicted octanol–water partition coefficient (Wildman–Crippen LogP) is 11.9. The van der Waals surface area contributed by atoms with E-state index in [9.17, 15) is 0 Å². The van der Waals surface area contributed by atoms with E-state index in [4.69, 9.17) is 9.97 Å². The van der Waals surface area contributed by atoms with Gasteiger partial charge in [-0.05, 0) is 64.0 Å². The molecule has 0 aliphatic heterocycles. The van der Waals surface area contributed by atoms with Crippen LogP contribution in [0.3, 0.4) is 0 Å². The van der Waals surface area contributed by atoms with Crippen LogP contribution in [0.25, 0.3) is 110 Å². The highest BCUT2D eigenvalue weighted by molar-refractivity contribution is 6.34. The van der Waals surface area contributed by atoms with Crippen molar-refractivity contribution in [3.63, 3.8) is 0 Å². The molecule has 4 aromatic heterocycles. The molecular formula is C46H26N4. The van der Waals surface area contributed by atoms with Crippen molar-refractivity contribution in [2.75, 3.05) is 0 Å². The first-order valence-corrected chi connectivity index (χ1v) is 17.1. The minimum absolute atomic E-state index is 0.721. The second-order valence-corrected chi connectivity index (χ2v) is 13.3. The molecule has 0 aliphatic carbocycles. The number of hydrogen-bond donors (Lipinski definition) is 0. The summed E-state index contributed by atoms with van der Waals surface area (Å²) in [6.45, 7) is 0. The summed E-state index contributed by atoms with van der Waals surface area (Å²) in [7, 11) is 0. The lowest BCUT2D eigenvalue weighted by atomic mass is 9.97. The third-order valence-corrected chi connectivity index (χ3v) is 10.8. The van der Waals surface area contributed by atoms with Crippen LogP contribution in [-0.4, -0.2) is 18.9 Å². The lowest BCUT2D eigenvalue weighted by Crippen LogP contribution is -2.03. The van der Waals surface area contributed by atoms with Gasteiger partial charge in [-0.25, -0.2) is 9.97 Å². The molecule has 50 heavy (non-hydrogen) atoms. The van der Waals surface area contributed by atoms with Crippen molar-refractivity contribution in [2.45, 2.75) is 0 Å². The first-order valence-electron chi connectivity index (χ1n) is 17.1. The van der Waals surface area contributed by atoms with Gasteiger partial charge in [-0.1, -0.05) is 115 Å². The van der Waals surface area contributed by atoms with Gasteiger partial charge in [0.1, 0.15) is 5.82 Å². The Morgan fingerprint density at radius 2 is 0.940 bits per heavy atom. The SMILES string of the molecule is c1ccc2c(c1)cc(-c1nc(-n3c4ccccc4c4cc5c6ccccc6n6c7ccccc7c(c43)c56)c3ccccc3n1)c1ccccc12. The largest absolute Gasteiger partial charge is 0.308 e. The summed E-state index contributed by atoms with van der Waals surface area (Å²) >= 11 is 0. The van der Waals surface area contributed by atoms with Crippen molar-refractivity contribution in [3.05, 3.63) is 158 Å². The molecule has 4 heterocycles. The van der Waals surface area contributed by atoms with Crippen LogP contribution in [0.5, 0.6) is 0 Å². The Balaban J connectivity index is 1.30. The summed E-state index contributed by atoms with van der Waals surface area (Å²) in [6.07, 6.45) is 0. The van der Waals surface area contributed by atoms with E-state index in [1.165, 1.54) is 70.5 Å². The zero-order chi connectivity index (χ0) is 32.5. The molecule has 0 saturated carbocycles. The molecule has 0 radical (unpaired) electrons. The number of nitrogens with zero attached hydrogens (tertiary/aromatic N) is 4. The topological polar surface area (TPSA) is 35.1 Å². The zero-order valence-corrected chi connectivity index (χ0v) is 26.8. The molecule has 0 amide bonds. The third kappa shape index (κ3) is 3.25. The Bertz CT molecular complexity index is 3380. The van der Waals surface area contributed by atoms with Crippen LogP contribution in [0.1, 0.15) is 0 Å². The summed E-state index contributed by atoms with van der Waals surface area (Å²) < 4.78 is 4.88. The Labute approximate surface area is 285 Å². The third-order valence-electron chi connectivity index (χ3n) is 10.8. The molecule has 8 aromatic carbocycles. The summed E-state index contributed by atoms with van der Waals surface area (Å²) in [5.74, 6) is 1.61. The van der Waals surface area contributed by atoms with Crippen molar-refractivity contribution in [1.82, 2.24) is 18.9 Å². The number of benzene rings is 8.